The van der Waals surface area contributed by atoms with E-state index in [4.69, 9.17) is 0 Å². The number of halogens is 1. The second kappa shape index (κ2) is 11.9. The monoisotopic (exact) mass is 553 g/mol. The molecule has 210 valence electrons. The summed E-state index contributed by atoms with van der Waals surface area (Å²) < 4.78 is 14.3. The highest BCUT2D eigenvalue weighted by molar-refractivity contribution is 5.72. The number of nitrogens with zero attached hydrogens (tertiary/aromatic N) is 7. The molecule has 0 atom stereocenters. The van der Waals surface area contributed by atoms with Crippen molar-refractivity contribution < 1.29 is 9.31 Å². The Labute approximate surface area is 238 Å². The zero-order valence-corrected chi connectivity index (χ0v) is 22.7. The van der Waals surface area contributed by atoms with Gasteiger partial charge in [0.1, 0.15) is 12.1 Å². The summed E-state index contributed by atoms with van der Waals surface area (Å²) >= 11 is 0. The minimum Gasteiger partial charge on any atom is -0.366 e. The minimum atomic E-state index is -0.364. The van der Waals surface area contributed by atoms with E-state index >= 15 is 0 Å². The van der Waals surface area contributed by atoms with Gasteiger partial charge in [0.25, 0.3) is 0 Å². The summed E-state index contributed by atoms with van der Waals surface area (Å²) in [6.45, 7) is 4.74. The molecule has 1 aromatic heterocycles. The molecule has 0 bridgehead atoms. The van der Waals surface area contributed by atoms with Crippen LogP contribution >= 0.6 is 0 Å². The fraction of sp³-hybridized carbons (Fsp3) is 0.290. The van der Waals surface area contributed by atoms with Gasteiger partial charge in [-0.2, -0.15) is 0 Å². The first-order valence-corrected chi connectivity index (χ1v) is 13.9. The maximum atomic E-state index is 14.3. The highest BCUT2D eigenvalue weighted by Crippen LogP contribution is 2.37. The molecule has 4 aromatic rings. The lowest BCUT2D eigenvalue weighted by molar-refractivity contribution is -0.383. The van der Waals surface area contributed by atoms with Gasteiger partial charge in [-0.15, -0.1) is 0 Å². The van der Waals surface area contributed by atoms with Gasteiger partial charge in [0, 0.05) is 52.4 Å². The molecule has 9 nitrogen and oxygen atoms in total. The van der Waals surface area contributed by atoms with E-state index in [-0.39, 0.29) is 22.5 Å². The number of para-hydroxylation sites is 1. The summed E-state index contributed by atoms with van der Waals surface area (Å²) in [5.41, 5.74) is 2.92. The van der Waals surface area contributed by atoms with Gasteiger partial charge in [-0.3, -0.25) is 15.0 Å². The zero-order chi connectivity index (χ0) is 28.2. The molecule has 2 aliphatic rings. The van der Waals surface area contributed by atoms with E-state index in [2.05, 4.69) is 63.4 Å². The van der Waals surface area contributed by atoms with Crippen molar-refractivity contribution >= 4 is 23.0 Å². The topological polar surface area (TPSA) is 81.9 Å². The average Bonchev–Trinajstić information content (AvgIpc) is 3.02. The van der Waals surface area contributed by atoms with Crippen LogP contribution in [0.5, 0.6) is 0 Å². The molecule has 0 saturated carbocycles. The Balaban J connectivity index is 1.20. The summed E-state index contributed by atoms with van der Waals surface area (Å²) in [4.78, 5) is 29.1. The van der Waals surface area contributed by atoms with Gasteiger partial charge in [-0.05, 0) is 23.3 Å². The molecule has 10 heteroatoms. The minimum absolute atomic E-state index is 0.0667. The van der Waals surface area contributed by atoms with Crippen LogP contribution in [-0.4, -0.2) is 72.1 Å². The summed E-state index contributed by atoms with van der Waals surface area (Å²) in [6.07, 6.45) is 1.42. The molecule has 3 heterocycles. The largest absolute Gasteiger partial charge is 0.366 e. The van der Waals surface area contributed by atoms with Gasteiger partial charge < -0.3 is 14.7 Å². The average molecular weight is 554 g/mol. The lowest BCUT2D eigenvalue weighted by Crippen LogP contribution is -2.49. The van der Waals surface area contributed by atoms with Crippen LogP contribution in [0.4, 0.5) is 27.4 Å². The Morgan fingerprint density at radius 3 is 1.63 bits per heavy atom. The van der Waals surface area contributed by atoms with Crippen molar-refractivity contribution in [1.82, 2.24) is 14.9 Å². The lowest BCUT2D eigenvalue weighted by Gasteiger charge is -2.40. The number of hydrogen-bond acceptors (Lipinski definition) is 8. The third kappa shape index (κ3) is 5.55. The van der Waals surface area contributed by atoms with Crippen molar-refractivity contribution in [2.45, 2.75) is 6.04 Å². The number of benzene rings is 3. The number of anilines is 3. The normalized spacial score (nSPS) is 16.3. The Morgan fingerprint density at radius 1 is 0.659 bits per heavy atom. The van der Waals surface area contributed by atoms with Crippen molar-refractivity contribution in [3.63, 3.8) is 0 Å². The van der Waals surface area contributed by atoms with Crippen molar-refractivity contribution in [1.29, 1.82) is 0 Å². The van der Waals surface area contributed by atoms with Crippen LogP contribution < -0.4 is 14.7 Å². The first-order chi connectivity index (χ1) is 20.1. The summed E-state index contributed by atoms with van der Waals surface area (Å²) in [5, 5.41) is 12.4. The smallest absolute Gasteiger partial charge is 0.353 e. The zero-order valence-electron chi connectivity index (χ0n) is 22.7. The molecule has 0 amide bonds. The SMILES string of the molecule is O=[N+]([O-])c1c(N2CCN(c3ccccc3F)CC2)ncnc1N1CCN(C(c2ccccc2)c2ccccc2)CC1. The number of nitro groups is 1. The van der Waals surface area contributed by atoms with Gasteiger partial charge in [0.15, 0.2) is 0 Å². The fourth-order valence-corrected chi connectivity index (χ4v) is 5.93. The van der Waals surface area contributed by atoms with Gasteiger partial charge in [-0.25, -0.2) is 14.4 Å². The molecule has 0 radical (unpaired) electrons. The third-order valence-corrected chi connectivity index (χ3v) is 7.95. The molecule has 6 rings (SSSR count). The first kappa shape index (κ1) is 26.6. The molecular formula is C31H32FN7O2. The van der Waals surface area contributed by atoms with Crippen molar-refractivity contribution in [3.05, 3.63) is 118 Å². The maximum Gasteiger partial charge on any atom is 0.353 e. The Kier molecular flexibility index (Phi) is 7.73. The van der Waals surface area contributed by atoms with Crippen molar-refractivity contribution in [3.8, 4) is 0 Å². The summed E-state index contributed by atoms with van der Waals surface area (Å²) in [6, 6.07) is 27.7. The van der Waals surface area contributed by atoms with E-state index in [1.165, 1.54) is 23.5 Å². The Bertz CT molecular complexity index is 1440. The van der Waals surface area contributed by atoms with E-state index in [1.807, 2.05) is 32.9 Å². The Hall–Kier alpha value is -4.57. The van der Waals surface area contributed by atoms with Crippen LogP contribution in [0.15, 0.2) is 91.3 Å². The molecular weight excluding hydrogens is 521 g/mol. The Morgan fingerprint density at radius 2 is 1.12 bits per heavy atom. The molecule has 3 aromatic carbocycles. The predicted molar refractivity (Wildman–Crippen MR) is 158 cm³/mol. The summed E-state index contributed by atoms with van der Waals surface area (Å²) in [7, 11) is 0. The van der Waals surface area contributed by atoms with Gasteiger partial charge >= 0.3 is 5.69 Å². The number of aromatic nitrogens is 2. The van der Waals surface area contributed by atoms with Crippen LogP contribution in [0.3, 0.4) is 0 Å². The number of piperazine rings is 2. The van der Waals surface area contributed by atoms with Gasteiger partial charge in [-0.1, -0.05) is 72.8 Å². The van der Waals surface area contributed by atoms with E-state index in [0.29, 0.717) is 56.6 Å². The van der Waals surface area contributed by atoms with Gasteiger partial charge in [0.05, 0.1) is 16.7 Å². The molecule has 41 heavy (non-hydrogen) atoms. The second-order valence-corrected chi connectivity index (χ2v) is 10.3. The van der Waals surface area contributed by atoms with Crippen LogP contribution in [0, 0.1) is 15.9 Å². The predicted octanol–water partition coefficient (Wildman–Crippen LogP) is 4.76. The molecule has 2 fully saturated rings. The molecule has 2 aliphatic heterocycles. The summed E-state index contributed by atoms with van der Waals surface area (Å²) in [5.74, 6) is 0.409. The van der Waals surface area contributed by atoms with Crippen LogP contribution in [0.2, 0.25) is 0 Å². The maximum absolute atomic E-state index is 14.3. The van der Waals surface area contributed by atoms with E-state index in [0.717, 1.165) is 13.1 Å². The highest BCUT2D eigenvalue weighted by Gasteiger charge is 2.34. The van der Waals surface area contributed by atoms with E-state index in [1.54, 1.807) is 12.1 Å². The number of hydrogen-bond donors (Lipinski definition) is 0. The quantitative estimate of drug-likeness (QED) is 0.239. The molecule has 0 spiro atoms. The number of rotatable bonds is 7. The molecule has 2 saturated heterocycles. The van der Waals surface area contributed by atoms with E-state index < -0.39 is 0 Å². The molecule has 0 unspecified atom stereocenters. The van der Waals surface area contributed by atoms with Crippen LogP contribution in [0.25, 0.3) is 0 Å². The lowest BCUT2D eigenvalue weighted by atomic mass is 9.96. The van der Waals surface area contributed by atoms with Crippen LogP contribution in [-0.2, 0) is 0 Å². The molecule has 0 aliphatic carbocycles. The van der Waals surface area contributed by atoms with Crippen LogP contribution in [0.1, 0.15) is 17.2 Å². The standard InChI is InChI=1S/C31H32FN7O2/c32-26-13-7-8-14-27(26)35-15-19-37(20-16-35)30-29(39(40)41)31(34-23-33-30)38-21-17-36(18-22-38)28(24-9-3-1-4-10-24)25-11-5-2-6-12-25/h1-14,23,28H,15-22H2. The van der Waals surface area contributed by atoms with Crippen molar-refractivity contribution in [2.24, 2.45) is 0 Å². The molecule has 0 N–H and O–H groups in total. The highest BCUT2D eigenvalue weighted by atomic mass is 19.1. The third-order valence-electron chi connectivity index (χ3n) is 7.95. The van der Waals surface area contributed by atoms with Gasteiger partial charge in [0.2, 0.25) is 11.6 Å². The van der Waals surface area contributed by atoms with Crippen molar-refractivity contribution in [2.75, 3.05) is 67.1 Å². The van der Waals surface area contributed by atoms with E-state index in [9.17, 15) is 14.5 Å². The fourth-order valence-electron chi connectivity index (χ4n) is 5.93. The second-order valence-electron chi connectivity index (χ2n) is 10.3. The first-order valence-electron chi connectivity index (χ1n) is 13.9.